The number of nitrogens with one attached hydrogen (secondary N) is 2. The van der Waals surface area contributed by atoms with Crippen molar-refractivity contribution in [1.29, 1.82) is 0 Å². The molecule has 0 bridgehead atoms. The van der Waals surface area contributed by atoms with Gasteiger partial charge >= 0.3 is 0 Å². The second kappa shape index (κ2) is 9.43. The van der Waals surface area contributed by atoms with Crippen LogP contribution in [0.1, 0.15) is 44.1 Å². The molecule has 2 amide bonds. The average molecular weight is 407 g/mol. The van der Waals surface area contributed by atoms with Crippen molar-refractivity contribution in [2.45, 2.75) is 56.5 Å². The maximum Gasteiger partial charge on any atom is 0.220 e. The van der Waals surface area contributed by atoms with Crippen LogP contribution in [0.2, 0.25) is 0 Å². The van der Waals surface area contributed by atoms with Gasteiger partial charge in [0.2, 0.25) is 11.8 Å². The summed E-state index contributed by atoms with van der Waals surface area (Å²) in [6.45, 7) is 1.42. The van der Waals surface area contributed by atoms with Crippen LogP contribution in [0.15, 0.2) is 54.6 Å². The lowest BCUT2D eigenvalue weighted by atomic mass is 9.84. The molecular weight excluding hydrogens is 376 g/mol. The summed E-state index contributed by atoms with van der Waals surface area (Å²) in [6, 6.07) is 19.0. The van der Waals surface area contributed by atoms with Gasteiger partial charge < -0.3 is 15.4 Å². The Morgan fingerprint density at radius 3 is 2.40 bits per heavy atom. The molecule has 2 aromatic carbocycles. The van der Waals surface area contributed by atoms with E-state index in [0.717, 1.165) is 25.7 Å². The number of carbonyl (C=O) groups is 2. The predicted octanol–water partition coefficient (Wildman–Crippen LogP) is 3.62. The Morgan fingerprint density at radius 2 is 1.73 bits per heavy atom. The van der Waals surface area contributed by atoms with Gasteiger partial charge in [-0.2, -0.15) is 0 Å². The van der Waals surface area contributed by atoms with Crippen LogP contribution in [-0.4, -0.2) is 36.6 Å². The van der Waals surface area contributed by atoms with Crippen molar-refractivity contribution in [3.63, 3.8) is 0 Å². The molecule has 0 saturated carbocycles. The van der Waals surface area contributed by atoms with Crippen LogP contribution in [0.25, 0.3) is 11.1 Å². The monoisotopic (exact) mass is 406 g/mol. The number of hydrogen-bond acceptors (Lipinski definition) is 3. The Kier molecular flexibility index (Phi) is 6.48. The minimum Gasteiger partial charge on any atom is -0.381 e. The van der Waals surface area contributed by atoms with Gasteiger partial charge in [-0.1, -0.05) is 54.6 Å². The molecular formula is C25H30N2O3. The largest absolute Gasteiger partial charge is 0.381 e. The average Bonchev–Trinajstić information content (AvgIpc) is 3.15. The second-order valence-corrected chi connectivity index (χ2v) is 8.52. The zero-order valence-electron chi connectivity index (χ0n) is 17.4. The van der Waals surface area contributed by atoms with Crippen LogP contribution < -0.4 is 10.6 Å². The first-order chi connectivity index (χ1) is 14.6. The summed E-state index contributed by atoms with van der Waals surface area (Å²) in [7, 11) is 0. The van der Waals surface area contributed by atoms with Crippen LogP contribution in [-0.2, 0) is 20.7 Å². The fourth-order valence-corrected chi connectivity index (χ4v) is 4.51. The zero-order valence-corrected chi connectivity index (χ0v) is 17.4. The van der Waals surface area contributed by atoms with E-state index in [1.165, 1.54) is 16.7 Å². The molecule has 2 fully saturated rings. The molecule has 0 radical (unpaired) electrons. The minimum absolute atomic E-state index is 0.0712. The lowest BCUT2D eigenvalue weighted by Crippen LogP contribution is -2.45. The number of amides is 2. The summed E-state index contributed by atoms with van der Waals surface area (Å²) in [5.41, 5.74) is 3.22. The van der Waals surface area contributed by atoms with Crippen LogP contribution >= 0.6 is 0 Å². The summed E-state index contributed by atoms with van der Waals surface area (Å²) in [4.78, 5) is 24.5. The van der Waals surface area contributed by atoms with E-state index in [2.05, 4.69) is 47.0 Å². The van der Waals surface area contributed by atoms with Gasteiger partial charge in [0.1, 0.15) is 0 Å². The van der Waals surface area contributed by atoms with Gasteiger partial charge in [0, 0.05) is 37.6 Å². The molecule has 4 rings (SSSR count). The number of ether oxygens (including phenoxy) is 1. The van der Waals surface area contributed by atoms with Crippen LogP contribution in [0, 0.1) is 0 Å². The molecule has 0 unspecified atom stereocenters. The quantitative estimate of drug-likeness (QED) is 0.738. The van der Waals surface area contributed by atoms with Crippen LogP contribution in [0.4, 0.5) is 0 Å². The Balaban J connectivity index is 1.38. The van der Waals surface area contributed by atoms with Gasteiger partial charge in [-0.05, 0) is 48.8 Å². The highest BCUT2D eigenvalue weighted by atomic mass is 16.5. The molecule has 30 heavy (non-hydrogen) atoms. The van der Waals surface area contributed by atoms with E-state index in [0.29, 0.717) is 32.5 Å². The number of carbonyl (C=O) groups excluding carboxylic acids is 2. The summed E-state index contributed by atoms with van der Waals surface area (Å²) in [5.74, 6) is 0.155. The Labute approximate surface area is 178 Å². The van der Waals surface area contributed by atoms with Crippen molar-refractivity contribution >= 4 is 11.8 Å². The maximum atomic E-state index is 12.5. The molecule has 158 valence electrons. The molecule has 5 heteroatoms. The van der Waals surface area contributed by atoms with Crippen molar-refractivity contribution < 1.29 is 14.3 Å². The Morgan fingerprint density at radius 1 is 1.03 bits per heavy atom. The van der Waals surface area contributed by atoms with Crippen LogP contribution in [0.5, 0.6) is 0 Å². The number of benzene rings is 2. The molecule has 2 aliphatic heterocycles. The topological polar surface area (TPSA) is 67.4 Å². The van der Waals surface area contributed by atoms with E-state index in [4.69, 9.17) is 4.74 Å². The third-order valence-corrected chi connectivity index (χ3v) is 6.26. The number of rotatable bonds is 7. The van der Waals surface area contributed by atoms with E-state index in [9.17, 15) is 9.59 Å². The molecule has 1 atom stereocenters. The summed E-state index contributed by atoms with van der Waals surface area (Å²) >= 11 is 0. The summed E-state index contributed by atoms with van der Waals surface area (Å²) in [6.07, 6.45) is 4.90. The number of hydrogen-bond donors (Lipinski definition) is 2. The third kappa shape index (κ3) is 5.28. The predicted molar refractivity (Wildman–Crippen MR) is 117 cm³/mol. The highest BCUT2D eigenvalue weighted by molar-refractivity contribution is 5.80. The SMILES string of the molecule is O=C(CC[C@@]1(Cc2ccc(-c3ccccc3)cc2)CCC(=O)N1)NC1CCOCC1. The van der Waals surface area contributed by atoms with Crippen molar-refractivity contribution in [1.82, 2.24) is 10.6 Å². The molecule has 2 N–H and O–H groups in total. The molecule has 5 nitrogen and oxygen atoms in total. The summed E-state index contributed by atoms with van der Waals surface area (Å²) in [5, 5.41) is 6.31. The van der Waals surface area contributed by atoms with Crippen molar-refractivity contribution in [2.24, 2.45) is 0 Å². The van der Waals surface area contributed by atoms with E-state index >= 15 is 0 Å². The standard InChI is InChI=1S/C25H30N2O3/c28-23(26-22-12-16-30-17-13-22)10-14-25(15-11-24(29)27-25)18-19-6-8-21(9-7-19)20-4-2-1-3-5-20/h1-9,22H,10-18H2,(H,26,28)(H,27,29)/t25-/m0/s1. The first-order valence-corrected chi connectivity index (χ1v) is 10.9. The highest BCUT2D eigenvalue weighted by Gasteiger charge is 2.38. The van der Waals surface area contributed by atoms with Gasteiger partial charge in [-0.25, -0.2) is 0 Å². The molecule has 2 aromatic rings. The van der Waals surface area contributed by atoms with Crippen molar-refractivity contribution in [3.05, 3.63) is 60.2 Å². The van der Waals surface area contributed by atoms with Gasteiger partial charge in [-0.3, -0.25) is 9.59 Å². The van der Waals surface area contributed by atoms with E-state index in [1.807, 2.05) is 18.2 Å². The summed E-state index contributed by atoms with van der Waals surface area (Å²) < 4.78 is 5.35. The zero-order chi connectivity index (χ0) is 20.8. The van der Waals surface area contributed by atoms with Gasteiger partial charge in [0.05, 0.1) is 0 Å². The van der Waals surface area contributed by atoms with E-state index in [-0.39, 0.29) is 23.4 Å². The second-order valence-electron chi connectivity index (χ2n) is 8.52. The molecule has 2 saturated heterocycles. The fraction of sp³-hybridized carbons (Fsp3) is 0.440. The highest BCUT2D eigenvalue weighted by Crippen LogP contribution is 2.30. The normalized spacial score (nSPS) is 21.9. The Hall–Kier alpha value is -2.66. The maximum absolute atomic E-state index is 12.5. The molecule has 0 aromatic heterocycles. The van der Waals surface area contributed by atoms with Crippen molar-refractivity contribution in [2.75, 3.05) is 13.2 Å². The first kappa shape index (κ1) is 20.6. The Bertz CT molecular complexity index is 860. The van der Waals surface area contributed by atoms with Gasteiger partial charge in [0.15, 0.2) is 0 Å². The first-order valence-electron chi connectivity index (χ1n) is 10.9. The van der Waals surface area contributed by atoms with Gasteiger partial charge in [-0.15, -0.1) is 0 Å². The molecule has 0 aliphatic carbocycles. The minimum atomic E-state index is -0.335. The van der Waals surface area contributed by atoms with Crippen LogP contribution in [0.3, 0.4) is 0 Å². The van der Waals surface area contributed by atoms with Crippen molar-refractivity contribution in [3.8, 4) is 11.1 Å². The lowest BCUT2D eigenvalue weighted by Gasteiger charge is -2.30. The van der Waals surface area contributed by atoms with E-state index in [1.54, 1.807) is 0 Å². The third-order valence-electron chi connectivity index (χ3n) is 6.26. The smallest absolute Gasteiger partial charge is 0.220 e. The fourth-order valence-electron chi connectivity index (χ4n) is 4.51. The molecule has 2 heterocycles. The lowest BCUT2D eigenvalue weighted by molar-refractivity contribution is -0.123. The van der Waals surface area contributed by atoms with E-state index < -0.39 is 0 Å². The molecule has 2 aliphatic rings. The van der Waals surface area contributed by atoms with Gasteiger partial charge in [0.25, 0.3) is 0 Å². The molecule has 0 spiro atoms.